The Morgan fingerprint density at radius 1 is 1.25 bits per heavy atom. The molecule has 16 heavy (non-hydrogen) atoms. The van der Waals surface area contributed by atoms with Gasteiger partial charge in [0.15, 0.2) is 19.1 Å². The molecule has 1 saturated heterocycles. The van der Waals surface area contributed by atoms with Crippen molar-refractivity contribution >= 4 is 0 Å². The van der Waals surface area contributed by atoms with Gasteiger partial charge in [-0.15, -0.1) is 0 Å². The van der Waals surface area contributed by atoms with E-state index >= 15 is 0 Å². The zero-order valence-corrected chi connectivity index (χ0v) is 10.2. The summed E-state index contributed by atoms with van der Waals surface area (Å²) < 4.78 is 6.68. The molecule has 0 amide bonds. The van der Waals surface area contributed by atoms with Crippen LogP contribution in [-0.4, -0.2) is 38.0 Å². The molecule has 1 fully saturated rings. The molecule has 0 spiro atoms. The quantitative estimate of drug-likeness (QED) is 0.337. The van der Waals surface area contributed by atoms with Gasteiger partial charge in [-0.3, -0.25) is 0 Å². The van der Waals surface area contributed by atoms with E-state index < -0.39 is 0 Å². The minimum absolute atomic E-state index is 0.924. The Kier molecular flexibility index (Phi) is 8.24. The molecular formula is C11H21N4O+. The molecule has 1 heterocycles. The molecule has 1 N–H and O–H groups in total. The Hall–Kier alpha value is -1.30. The van der Waals surface area contributed by atoms with Gasteiger partial charge in [0.1, 0.15) is 0 Å². The fourth-order valence-electron chi connectivity index (χ4n) is 1.68. The first kappa shape index (κ1) is 14.7. The van der Waals surface area contributed by atoms with Crippen molar-refractivity contribution in [3.05, 3.63) is 0 Å². The van der Waals surface area contributed by atoms with E-state index in [2.05, 4.69) is 14.0 Å². The van der Waals surface area contributed by atoms with Crippen molar-refractivity contribution in [2.24, 2.45) is 0 Å². The fraction of sp³-hybridized carbons (Fsp3) is 0.818. The van der Waals surface area contributed by atoms with Crippen molar-refractivity contribution in [3.8, 4) is 12.4 Å². The predicted octanol–water partition coefficient (Wildman–Crippen LogP) is 1.15. The highest BCUT2D eigenvalue weighted by Crippen LogP contribution is 2.15. The van der Waals surface area contributed by atoms with E-state index in [9.17, 15) is 0 Å². The lowest BCUT2D eigenvalue weighted by molar-refractivity contribution is -0.916. The number of hydrogen-bond donors (Lipinski definition) is 1. The van der Waals surface area contributed by atoms with Crippen LogP contribution >= 0.6 is 0 Å². The third-order valence-electron chi connectivity index (χ3n) is 2.51. The number of rotatable bonds is 4. The second-order valence-corrected chi connectivity index (χ2v) is 4.16. The largest absolute Gasteiger partial charge is 0.332 e. The van der Waals surface area contributed by atoms with Crippen LogP contribution in [0.15, 0.2) is 0 Å². The molecule has 0 aromatic heterocycles. The lowest BCUT2D eigenvalue weighted by Gasteiger charge is -2.28. The third-order valence-corrected chi connectivity index (χ3v) is 2.51. The van der Waals surface area contributed by atoms with Crippen LogP contribution in [0.25, 0.3) is 0 Å². The van der Waals surface area contributed by atoms with Crippen LogP contribution in [-0.2, 0) is 4.74 Å². The number of nitrogens with zero attached hydrogens (tertiary/aromatic N) is 3. The highest BCUT2D eigenvalue weighted by molar-refractivity contribution is 4.77. The zero-order chi connectivity index (χ0) is 12.3. The summed E-state index contributed by atoms with van der Waals surface area (Å²) in [5.41, 5.74) is 0. The van der Waals surface area contributed by atoms with Crippen LogP contribution < -0.4 is 5.32 Å². The average molecular weight is 225 g/mol. The standard InChI is InChI=1S/C9H20NO.C2HN3/c1-3-8-11-9-10(2)6-4-5-7-10;3-1-5-2-4/h3-9H2,1-2H3;5H/q+1;. The number of nitriles is 2. The lowest BCUT2D eigenvalue weighted by Crippen LogP contribution is -2.42. The van der Waals surface area contributed by atoms with E-state index in [-0.39, 0.29) is 0 Å². The highest BCUT2D eigenvalue weighted by Gasteiger charge is 2.26. The van der Waals surface area contributed by atoms with Gasteiger partial charge >= 0.3 is 0 Å². The summed E-state index contributed by atoms with van der Waals surface area (Å²) in [5.74, 6) is 0. The first-order valence-corrected chi connectivity index (χ1v) is 5.63. The van der Waals surface area contributed by atoms with E-state index in [1.165, 1.54) is 38.3 Å². The second-order valence-electron chi connectivity index (χ2n) is 4.16. The molecule has 0 bridgehead atoms. The number of ether oxygens (including phenoxy) is 1. The van der Waals surface area contributed by atoms with Gasteiger partial charge in [-0.05, 0) is 6.42 Å². The molecule has 0 atom stereocenters. The van der Waals surface area contributed by atoms with Crippen LogP contribution in [0.3, 0.4) is 0 Å². The van der Waals surface area contributed by atoms with E-state index in [0.29, 0.717) is 0 Å². The number of nitrogens with one attached hydrogen (secondary N) is 1. The second kappa shape index (κ2) is 8.96. The van der Waals surface area contributed by atoms with Crippen LogP contribution in [0.1, 0.15) is 26.2 Å². The summed E-state index contributed by atoms with van der Waals surface area (Å²) in [7, 11) is 2.29. The van der Waals surface area contributed by atoms with Gasteiger partial charge in [0.25, 0.3) is 0 Å². The molecule has 0 unspecified atom stereocenters. The van der Waals surface area contributed by atoms with Crippen molar-refractivity contribution in [3.63, 3.8) is 0 Å². The Morgan fingerprint density at radius 2 is 1.81 bits per heavy atom. The van der Waals surface area contributed by atoms with E-state index in [4.69, 9.17) is 15.3 Å². The molecule has 1 aliphatic heterocycles. The molecule has 5 heteroatoms. The van der Waals surface area contributed by atoms with Gasteiger partial charge in [0, 0.05) is 12.8 Å². The van der Waals surface area contributed by atoms with Crippen LogP contribution in [0.4, 0.5) is 0 Å². The van der Waals surface area contributed by atoms with Gasteiger partial charge in [0.2, 0.25) is 0 Å². The third kappa shape index (κ3) is 7.05. The minimum atomic E-state index is 0.924. The molecule has 1 rings (SSSR count). The molecule has 0 aromatic carbocycles. The van der Waals surface area contributed by atoms with Crippen molar-refractivity contribution < 1.29 is 9.22 Å². The van der Waals surface area contributed by atoms with Crippen LogP contribution in [0.5, 0.6) is 0 Å². The Morgan fingerprint density at radius 3 is 2.19 bits per heavy atom. The van der Waals surface area contributed by atoms with Gasteiger partial charge in [-0.25, -0.2) is 5.32 Å². The summed E-state index contributed by atoms with van der Waals surface area (Å²) in [6.45, 7) is 6.62. The van der Waals surface area contributed by atoms with Gasteiger partial charge in [-0.1, -0.05) is 6.92 Å². The summed E-state index contributed by atoms with van der Waals surface area (Å²) in [4.78, 5) is 0. The first-order chi connectivity index (χ1) is 7.68. The number of hydrogen-bond acceptors (Lipinski definition) is 4. The normalized spacial score (nSPS) is 16.5. The van der Waals surface area contributed by atoms with E-state index in [1.807, 2.05) is 0 Å². The number of quaternary nitrogens is 1. The van der Waals surface area contributed by atoms with Crippen molar-refractivity contribution in [1.29, 1.82) is 10.5 Å². The highest BCUT2D eigenvalue weighted by atomic mass is 16.5. The van der Waals surface area contributed by atoms with Gasteiger partial charge in [0.05, 0.1) is 26.7 Å². The summed E-state index contributed by atoms with van der Waals surface area (Å²) in [5, 5.41) is 16.7. The SMILES string of the molecule is CCCOC[N+]1(C)CCCC1.N#CNC#N. The topological polar surface area (TPSA) is 68.8 Å². The minimum Gasteiger partial charge on any atom is -0.332 e. The zero-order valence-electron chi connectivity index (χ0n) is 10.2. The van der Waals surface area contributed by atoms with E-state index in [0.717, 1.165) is 24.2 Å². The molecular weight excluding hydrogens is 204 g/mol. The maximum atomic E-state index is 7.48. The molecule has 90 valence electrons. The molecule has 0 aromatic rings. The van der Waals surface area contributed by atoms with Crippen LogP contribution in [0.2, 0.25) is 0 Å². The van der Waals surface area contributed by atoms with Crippen molar-refractivity contribution in [2.45, 2.75) is 26.2 Å². The summed E-state index contributed by atoms with van der Waals surface area (Å²) in [6, 6.07) is 0. The van der Waals surface area contributed by atoms with Gasteiger partial charge < -0.3 is 9.22 Å². The Balaban J connectivity index is 0.000000385. The van der Waals surface area contributed by atoms with Crippen LogP contribution in [0, 0.1) is 22.9 Å². The lowest BCUT2D eigenvalue weighted by atomic mass is 10.4. The molecule has 1 aliphatic rings. The van der Waals surface area contributed by atoms with Crippen molar-refractivity contribution in [2.75, 3.05) is 33.5 Å². The Bertz CT molecular complexity index is 236. The monoisotopic (exact) mass is 225 g/mol. The maximum Gasteiger partial charge on any atom is 0.190 e. The van der Waals surface area contributed by atoms with Crippen molar-refractivity contribution in [1.82, 2.24) is 5.32 Å². The Labute approximate surface area is 97.8 Å². The predicted molar refractivity (Wildman–Crippen MR) is 60.6 cm³/mol. The first-order valence-electron chi connectivity index (χ1n) is 5.63. The molecule has 0 aliphatic carbocycles. The summed E-state index contributed by atoms with van der Waals surface area (Å²) >= 11 is 0. The van der Waals surface area contributed by atoms with E-state index in [1.54, 1.807) is 5.32 Å². The fourth-order valence-corrected chi connectivity index (χ4v) is 1.68. The smallest absolute Gasteiger partial charge is 0.190 e. The average Bonchev–Trinajstić information content (AvgIpc) is 2.68. The number of likely N-dealkylation sites (tertiary alicyclic amines) is 1. The molecule has 0 radical (unpaired) electrons. The summed E-state index contributed by atoms with van der Waals surface area (Å²) in [6.07, 6.45) is 6.71. The molecule has 0 saturated carbocycles. The van der Waals surface area contributed by atoms with Gasteiger partial charge in [-0.2, -0.15) is 10.5 Å². The maximum absolute atomic E-state index is 7.48. The molecule has 5 nitrogen and oxygen atoms in total.